The van der Waals surface area contributed by atoms with Gasteiger partial charge in [-0.3, -0.25) is 4.79 Å². The van der Waals surface area contributed by atoms with Crippen LogP contribution in [0.3, 0.4) is 0 Å². The van der Waals surface area contributed by atoms with E-state index in [1.165, 1.54) is 19.3 Å². The summed E-state index contributed by atoms with van der Waals surface area (Å²) in [5.74, 6) is 0.650. The molecular weight excluding hydrogens is 228 g/mol. The van der Waals surface area contributed by atoms with E-state index < -0.39 is 0 Å². The SMILES string of the molecule is C[C@@H]1CCCC[C@H]1OCC(=O)N[C@@H]1CCN(C)C1. The van der Waals surface area contributed by atoms with Crippen LogP contribution in [0.1, 0.15) is 39.0 Å². The van der Waals surface area contributed by atoms with Gasteiger partial charge in [0.2, 0.25) is 5.91 Å². The summed E-state index contributed by atoms with van der Waals surface area (Å²) >= 11 is 0. The number of likely N-dealkylation sites (N-methyl/N-ethyl adjacent to an activating group) is 1. The summed E-state index contributed by atoms with van der Waals surface area (Å²) in [7, 11) is 2.09. The van der Waals surface area contributed by atoms with Crippen LogP contribution < -0.4 is 5.32 Å². The molecule has 4 nitrogen and oxygen atoms in total. The third-order valence-corrected chi connectivity index (χ3v) is 4.22. The molecule has 0 spiro atoms. The molecule has 4 heteroatoms. The molecule has 3 atom stereocenters. The Kier molecular flexibility index (Phi) is 5.01. The second-order valence-electron chi connectivity index (χ2n) is 5.93. The van der Waals surface area contributed by atoms with Crippen molar-refractivity contribution in [2.24, 2.45) is 5.92 Å². The Morgan fingerprint density at radius 1 is 1.33 bits per heavy atom. The van der Waals surface area contributed by atoms with Crippen molar-refractivity contribution in [3.8, 4) is 0 Å². The van der Waals surface area contributed by atoms with Gasteiger partial charge in [-0.1, -0.05) is 19.8 Å². The minimum Gasteiger partial charge on any atom is -0.368 e. The van der Waals surface area contributed by atoms with E-state index in [0.717, 1.165) is 25.9 Å². The summed E-state index contributed by atoms with van der Waals surface area (Å²) in [5.41, 5.74) is 0. The first-order valence-corrected chi connectivity index (χ1v) is 7.24. The first-order chi connectivity index (χ1) is 8.65. The van der Waals surface area contributed by atoms with Crippen molar-refractivity contribution in [2.75, 3.05) is 26.7 Å². The number of hydrogen-bond acceptors (Lipinski definition) is 3. The molecule has 0 aromatic heterocycles. The van der Waals surface area contributed by atoms with Crippen LogP contribution in [-0.4, -0.2) is 49.7 Å². The summed E-state index contributed by atoms with van der Waals surface area (Å²) in [4.78, 5) is 14.0. The summed E-state index contributed by atoms with van der Waals surface area (Å²) in [6.07, 6.45) is 6.24. The number of likely N-dealkylation sites (tertiary alicyclic amines) is 1. The van der Waals surface area contributed by atoms with Gasteiger partial charge in [0.25, 0.3) is 0 Å². The minimum atomic E-state index is 0.0491. The number of hydrogen-bond donors (Lipinski definition) is 1. The lowest BCUT2D eigenvalue weighted by Crippen LogP contribution is -2.40. The van der Waals surface area contributed by atoms with Crippen molar-refractivity contribution < 1.29 is 9.53 Å². The van der Waals surface area contributed by atoms with E-state index in [9.17, 15) is 4.79 Å². The van der Waals surface area contributed by atoms with Gasteiger partial charge in [-0.2, -0.15) is 0 Å². The fraction of sp³-hybridized carbons (Fsp3) is 0.929. The van der Waals surface area contributed by atoms with Crippen LogP contribution in [0.25, 0.3) is 0 Å². The van der Waals surface area contributed by atoms with Crippen molar-refractivity contribution >= 4 is 5.91 Å². The Morgan fingerprint density at radius 3 is 2.78 bits per heavy atom. The van der Waals surface area contributed by atoms with E-state index in [4.69, 9.17) is 4.74 Å². The zero-order chi connectivity index (χ0) is 13.0. The van der Waals surface area contributed by atoms with E-state index in [-0.39, 0.29) is 18.6 Å². The van der Waals surface area contributed by atoms with Crippen LogP contribution in [0.15, 0.2) is 0 Å². The van der Waals surface area contributed by atoms with E-state index in [1.54, 1.807) is 0 Å². The minimum absolute atomic E-state index is 0.0491. The number of nitrogens with zero attached hydrogens (tertiary/aromatic N) is 1. The lowest BCUT2D eigenvalue weighted by atomic mass is 9.88. The molecule has 1 amide bonds. The molecule has 0 bridgehead atoms. The van der Waals surface area contributed by atoms with Gasteiger partial charge in [0.1, 0.15) is 6.61 Å². The summed E-state index contributed by atoms with van der Waals surface area (Å²) in [5, 5.41) is 3.06. The van der Waals surface area contributed by atoms with Gasteiger partial charge in [0.05, 0.1) is 6.10 Å². The summed E-state index contributed by atoms with van der Waals surface area (Å²) in [6.45, 7) is 4.50. The molecule has 0 aromatic rings. The molecule has 0 radical (unpaired) electrons. The van der Waals surface area contributed by atoms with Gasteiger partial charge in [0, 0.05) is 12.6 Å². The number of nitrogens with one attached hydrogen (secondary N) is 1. The second kappa shape index (κ2) is 6.53. The van der Waals surface area contributed by atoms with Crippen molar-refractivity contribution in [1.29, 1.82) is 0 Å². The van der Waals surface area contributed by atoms with Crippen LogP contribution in [0, 0.1) is 5.92 Å². The molecule has 1 aliphatic carbocycles. The van der Waals surface area contributed by atoms with Crippen LogP contribution in [0.2, 0.25) is 0 Å². The Bertz CT molecular complexity index is 283. The van der Waals surface area contributed by atoms with Crippen LogP contribution in [0.5, 0.6) is 0 Å². The number of rotatable bonds is 4. The van der Waals surface area contributed by atoms with E-state index in [1.807, 2.05) is 0 Å². The molecule has 1 saturated heterocycles. The molecule has 2 aliphatic rings. The van der Waals surface area contributed by atoms with Crippen molar-refractivity contribution in [1.82, 2.24) is 10.2 Å². The Hall–Kier alpha value is -0.610. The highest BCUT2D eigenvalue weighted by molar-refractivity contribution is 5.77. The molecular formula is C14H26N2O2. The summed E-state index contributed by atoms with van der Waals surface area (Å²) in [6, 6.07) is 0.315. The maximum atomic E-state index is 11.8. The zero-order valence-electron chi connectivity index (χ0n) is 11.7. The number of amides is 1. The fourth-order valence-corrected chi connectivity index (χ4v) is 3.03. The summed E-state index contributed by atoms with van der Waals surface area (Å²) < 4.78 is 5.77. The molecule has 2 fully saturated rings. The number of carbonyl (C=O) groups excluding carboxylic acids is 1. The Balaban J connectivity index is 1.65. The van der Waals surface area contributed by atoms with Gasteiger partial charge >= 0.3 is 0 Å². The highest BCUT2D eigenvalue weighted by atomic mass is 16.5. The first-order valence-electron chi connectivity index (χ1n) is 7.24. The Morgan fingerprint density at radius 2 is 2.11 bits per heavy atom. The second-order valence-corrected chi connectivity index (χ2v) is 5.93. The lowest BCUT2D eigenvalue weighted by molar-refractivity contribution is -0.130. The van der Waals surface area contributed by atoms with Gasteiger partial charge in [-0.05, 0) is 38.8 Å². The van der Waals surface area contributed by atoms with Crippen LogP contribution in [-0.2, 0) is 9.53 Å². The van der Waals surface area contributed by atoms with Crippen LogP contribution in [0.4, 0.5) is 0 Å². The van der Waals surface area contributed by atoms with E-state index in [2.05, 4.69) is 24.2 Å². The van der Waals surface area contributed by atoms with Crippen LogP contribution >= 0.6 is 0 Å². The molecule has 2 rings (SSSR count). The standard InChI is InChI=1S/C14H26N2O2/c1-11-5-3-4-6-13(11)18-10-14(17)15-12-7-8-16(2)9-12/h11-13H,3-10H2,1-2H3,(H,15,17)/t11-,12-,13-/m1/s1. The number of ether oxygens (including phenoxy) is 1. The van der Waals surface area contributed by atoms with Gasteiger partial charge < -0.3 is 15.0 Å². The van der Waals surface area contributed by atoms with Gasteiger partial charge in [0.15, 0.2) is 0 Å². The largest absolute Gasteiger partial charge is 0.368 e. The van der Waals surface area contributed by atoms with Gasteiger partial charge in [-0.25, -0.2) is 0 Å². The predicted molar refractivity (Wildman–Crippen MR) is 71.4 cm³/mol. The fourth-order valence-electron chi connectivity index (χ4n) is 3.03. The van der Waals surface area contributed by atoms with Gasteiger partial charge in [-0.15, -0.1) is 0 Å². The van der Waals surface area contributed by atoms with E-state index >= 15 is 0 Å². The molecule has 0 aromatic carbocycles. The van der Waals surface area contributed by atoms with Crippen molar-refractivity contribution in [3.63, 3.8) is 0 Å². The van der Waals surface area contributed by atoms with Crippen molar-refractivity contribution in [3.05, 3.63) is 0 Å². The molecule has 1 aliphatic heterocycles. The number of carbonyl (C=O) groups is 1. The molecule has 1 saturated carbocycles. The Labute approximate surface area is 110 Å². The molecule has 18 heavy (non-hydrogen) atoms. The maximum absolute atomic E-state index is 11.8. The third-order valence-electron chi connectivity index (χ3n) is 4.22. The molecule has 1 N–H and O–H groups in total. The first kappa shape index (κ1) is 13.8. The maximum Gasteiger partial charge on any atom is 0.246 e. The lowest BCUT2D eigenvalue weighted by Gasteiger charge is -2.28. The topological polar surface area (TPSA) is 41.6 Å². The molecule has 104 valence electrons. The molecule has 0 unspecified atom stereocenters. The highest BCUT2D eigenvalue weighted by Gasteiger charge is 2.24. The quantitative estimate of drug-likeness (QED) is 0.824. The molecule has 1 heterocycles. The average Bonchev–Trinajstić information content (AvgIpc) is 2.74. The van der Waals surface area contributed by atoms with E-state index in [0.29, 0.717) is 12.0 Å². The third kappa shape index (κ3) is 3.95. The smallest absolute Gasteiger partial charge is 0.246 e. The van der Waals surface area contributed by atoms with Crippen molar-refractivity contribution in [2.45, 2.75) is 51.2 Å². The average molecular weight is 254 g/mol. The zero-order valence-corrected chi connectivity index (χ0v) is 11.7. The predicted octanol–water partition coefficient (Wildman–Crippen LogP) is 1.40. The highest BCUT2D eigenvalue weighted by Crippen LogP contribution is 2.26. The normalized spacial score (nSPS) is 33.6. The monoisotopic (exact) mass is 254 g/mol.